The average molecular weight is 351 g/mol. The summed E-state index contributed by atoms with van der Waals surface area (Å²) >= 11 is 9.78. The normalized spacial score (nSPS) is 19.7. The van der Waals surface area contributed by atoms with E-state index in [0.29, 0.717) is 0 Å². The fourth-order valence-electron chi connectivity index (χ4n) is 3.03. The lowest BCUT2D eigenvalue weighted by Crippen LogP contribution is -2.24. The fraction of sp³-hybridized carbons (Fsp3) is 0.294. The molecule has 0 saturated carbocycles. The molecule has 3 heteroatoms. The van der Waals surface area contributed by atoms with Crippen molar-refractivity contribution in [1.82, 2.24) is 0 Å². The lowest BCUT2D eigenvalue weighted by Gasteiger charge is -2.30. The van der Waals surface area contributed by atoms with Crippen LogP contribution in [0, 0.1) is 5.41 Å². The molecular formula is C17H17BrClN. The highest BCUT2D eigenvalue weighted by molar-refractivity contribution is 9.10. The highest BCUT2D eigenvalue weighted by atomic mass is 79.9. The molecule has 1 unspecified atom stereocenters. The molecule has 1 nitrogen and oxygen atoms in total. The summed E-state index contributed by atoms with van der Waals surface area (Å²) in [4.78, 5) is 0. The molecule has 20 heavy (non-hydrogen) atoms. The quantitative estimate of drug-likeness (QED) is 0.717. The van der Waals surface area contributed by atoms with Gasteiger partial charge in [-0.15, -0.1) is 0 Å². The Morgan fingerprint density at radius 1 is 1.20 bits per heavy atom. The summed E-state index contributed by atoms with van der Waals surface area (Å²) in [6.45, 7) is 4.61. The van der Waals surface area contributed by atoms with Crippen LogP contribution in [0.5, 0.6) is 0 Å². The summed E-state index contributed by atoms with van der Waals surface area (Å²) in [6, 6.07) is 14.9. The van der Waals surface area contributed by atoms with Gasteiger partial charge in [0.25, 0.3) is 0 Å². The van der Waals surface area contributed by atoms with Gasteiger partial charge in [0, 0.05) is 4.47 Å². The smallest absolute Gasteiger partial charge is 0.0648 e. The minimum atomic E-state index is 0.181. The van der Waals surface area contributed by atoms with Crippen LogP contribution >= 0.6 is 27.5 Å². The maximum Gasteiger partial charge on any atom is 0.0648 e. The molecule has 0 radical (unpaired) electrons. The van der Waals surface area contributed by atoms with Gasteiger partial charge >= 0.3 is 0 Å². The highest BCUT2D eigenvalue weighted by Crippen LogP contribution is 2.47. The zero-order valence-corrected chi connectivity index (χ0v) is 13.9. The molecule has 0 saturated heterocycles. The predicted octanol–water partition coefficient (Wildman–Crippen LogP) is 5.84. The van der Waals surface area contributed by atoms with Gasteiger partial charge in [-0.05, 0) is 41.2 Å². The van der Waals surface area contributed by atoms with Gasteiger partial charge in [0.2, 0.25) is 0 Å². The van der Waals surface area contributed by atoms with Crippen LogP contribution in [0.25, 0.3) is 0 Å². The van der Waals surface area contributed by atoms with Crippen LogP contribution in [0.4, 0.5) is 5.69 Å². The molecule has 0 spiro atoms. The summed E-state index contributed by atoms with van der Waals surface area (Å²) in [7, 11) is 0. The monoisotopic (exact) mass is 349 g/mol. The molecule has 0 heterocycles. The first-order valence-electron chi connectivity index (χ1n) is 6.77. The van der Waals surface area contributed by atoms with Crippen molar-refractivity contribution in [3.05, 3.63) is 63.1 Å². The maximum absolute atomic E-state index is 6.34. The molecule has 1 aliphatic rings. The first kappa shape index (κ1) is 14.0. The van der Waals surface area contributed by atoms with Crippen LogP contribution in [0.1, 0.15) is 31.0 Å². The fourth-order valence-corrected chi connectivity index (χ4v) is 3.75. The molecule has 0 amide bonds. The Labute approximate surface area is 133 Å². The molecule has 3 rings (SSSR count). The SMILES string of the molecule is CC1(C)Cc2ccccc2C1Nc1ccc(Br)cc1Cl. The van der Waals surface area contributed by atoms with Gasteiger partial charge < -0.3 is 5.32 Å². The van der Waals surface area contributed by atoms with Crippen LogP contribution in [0.15, 0.2) is 46.9 Å². The van der Waals surface area contributed by atoms with E-state index >= 15 is 0 Å². The van der Waals surface area contributed by atoms with Crippen LogP contribution in [-0.4, -0.2) is 0 Å². The Kier molecular flexibility index (Phi) is 3.55. The molecule has 104 valence electrons. The van der Waals surface area contributed by atoms with E-state index in [1.54, 1.807) is 0 Å². The Morgan fingerprint density at radius 2 is 1.95 bits per heavy atom. The number of halogens is 2. The van der Waals surface area contributed by atoms with Gasteiger partial charge in [-0.25, -0.2) is 0 Å². The molecule has 1 atom stereocenters. The maximum atomic E-state index is 6.34. The van der Waals surface area contributed by atoms with E-state index in [2.05, 4.69) is 59.4 Å². The van der Waals surface area contributed by atoms with Crippen molar-refractivity contribution in [3.8, 4) is 0 Å². The Hall–Kier alpha value is -0.990. The van der Waals surface area contributed by atoms with E-state index in [0.717, 1.165) is 21.6 Å². The Bertz CT molecular complexity index is 651. The second kappa shape index (κ2) is 5.09. The van der Waals surface area contributed by atoms with E-state index in [4.69, 9.17) is 11.6 Å². The average Bonchev–Trinajstić information content (AvgIpc) is 2.63. The van der Waals surface area contributed by atoms with E-state index in [9.17, 15) is 0 Å². The number of benzene rings is 2. The summed E-state index contributed by atoms with van der Waals surface area (Å²) in [5.74, 6) is 0. The standard InChI is InChI=1S/C17H17BrClN/c1-17(2)10-11-5-3-4-6-13(11)16(17)20-15-8-7-12(18)9-14(15)19/h3-9,16,20H,10H2,1-2H3. The van der Waals surface area contributed by atoms with Gasteiger partial charge in [-0.2, -0.15) is 0 Å². The zero-order valence-electron chi connectivity index (χ0n) is 11.6. The molecule has 2 aromatic rings. The summed E-state index contributed by atoms with van der Waals surface area (Å²) in [6.07, 6.45) is 1.09. The van der Waals surface area contributed by atoms with Crippen LogP contribution in [0.2, 0.25) is 5.02 Å². The number of rotatable bonds is 2. The molecule has 0 aromatic heterocycles. The van der Waals surface area contributed by atoms with Crippen LogP contribution < -0.4 is 5.32 Å². The first-order valence-corrected chi connectivity index (χ1v) is 7.94. The van der Waals surface area contributed by atoms with Gasteiger partial charge in [-0.1, -0.05) is 65.6 Å². The number of anilines is 1. The highest BCUT2D eigenvalue weighted by Gasteiger charge is 2.38. The molecule has 0 fully saturated rings. The topological polar surface area (TPSA) is 12.0 Å². The molecule has 1 aliphatic carbocycles. The van der Waals surface area contributed by atoms with Crippen molar-refractivity contribution in [2.45, 2.75) is 26.3 Å². The second-order valence-electron chi connectivity index (χ2n) is 6.07. The zero-order chi connectivity index (χ0) is 14.3. The minimum absolute atomic E-state index is 0.181. The largest absolute Gasteiger partial charge is 0.376 e. The van der Waals surface area contributed by atoms with Crippen molar-refractivity contribution in [1.29, 1.82) is 0 Å². The lowest BCUT2D eigenvalue weighted by molar-refractivity contribution is 0.337. The second-order valence-corrected chi connectivity index (χ2v) is 7.39. The summed E-state index contributed by atoms with van der Waals surface area (Å²) in [5, 5.41) is 4.38. The molecule has 2 aromatic carbocycles. The van der Waals surface area contributed by atoms with Gasteiger partial charge in [-0.3, -0.25) is 0 Å². The third kappa shape index (κ3) is 2.47. The third-order valence-electron chi connectivity index (χ3n) is 4.02. The Balaban J connectivity index is 1.97. The number of hydrogen-bond donors (Lipinski definition) is 1. The summed E-state index contributed by atoms with van der Waals surface area (Å²) < 4.78 is 0.999. The molecule has 1 N–H and O–H groups in total. The Morgan fingerprint density at radius 3 is 2.70 bits per heavy atom. The van der Waals surface area contributed by atoms with Gasteiger partial charge in [0.15, 0.2) is 0 Å². The van der Waals surface area contributed by atoms with Gasteiger partial charge in [0.1, 0.15) is 0 Å². The minimum Gasteiger partial charge on any atom is -0.376 e. The van der Waals surface area contributed by atoms with Crippen molar-refractivity contribution < 1.29 is 0 Å². The van der Waals surface area contributed by atoms with E-state index in [-0.39, 0.29) is 11.5 Å². The number of fused-ring (bicyclic) bond motifs is 1. The van der Waals surface area contributed by atoms with Crippen molar-refractivity contribution in [2.75, 3.05) is 5.32 Å². The van der Waals surface area contributed by atoms with E-state index < -0.39 is 0 Å². The van der Waals surface area contributed by atoms with Crippen LogP contribution in [-0.2, 0) is 6.42 Å². The molecule has 0 bridgehead atoms. The molecule has 0 aliphatic heterocycles. The van der Waals surface area contributed by atoms with Gasteiger partial charge in [0.05, 0.1) is 16.8 Å². The third-order valence-corrected chi connectivity index (χ3v) is 4.83. The van der Waals surface area contributed by atoms with Crippen molar-refractivity contribution in [3.63, 3.8) is 0 Å². The predicted molar refractivity (Wildman–Crippen MR) is 89.4 cm³/mol. The van der Waals surface area contributed by atoms with Crippen LogP contribution in [0.3, 0.4) is 0 Å². The van der Waals surface area contributed by atoms with E-state index in [1.807, 2.05) is 18.2 Å². The number of nitrogens with one attached hydrogen (secondary N) is 1. The molecular weight excluding hydrogens is 334 g/mol. The number of hydrogen-bond acceptors (Lipinski definition) is 1. The first-order chi connectivity index (χ1) is 9.47. The van der Waals surface area contributed by atoms with Crippen molar-refractivity contribution in [2.24, 2.45) is 5.41 Å². The van der Waals surface area contributed by atoms with E-state index in [1.165, 1.54) is 11.1 Å². The lowest BCUT2D eigenvalue weighted by atomic mass is 9.85. The van der Waals surface area contributed by atoms with Crippen molar-refractivity contribution >= 4 is 33.2 Å². The summed E-state index contributed by atoms with van der Waals surface area (Å²) in [5.41, 5.74) is 3.99.